The van der Waals surface area contributed by atoms with Crippen molar-refractivity contribution in [2.45, 2.75) is 175 Å². The maximum absolute atomic E-state index is 2.69. The lowest BCUT2D eigenvalue weighted by Gasteiger charge is -2.33. The third kappa shape index (κ3) is 16.6. The summed E-state index contributed by atoms with van der Waals surface area (Å²) in [5, 5.41) is 0. The van der Waals surface area contributed by atoms with Crippen LogP contribution in [0, 0.1) is 0 Å². The minimum absolute atomic E-state index is 0.644. The summed E-state index contributed by atoms with van der Waals surface area (Å²) in [5.41, 5.74) is 0. The number of hydrogen-bond acceptors (Lipinski definition) is 2. The van der Waals surface area contributed by atoms with Crippen LogP contribution in [-0.4, -0.2) is 29.1 Å². The van der Waals surface area contributed by atoms with Crippen LogP contribution in [0.15, 0.2) is 12.4 Å². The molecule has 0 saturated heterocycles. The molecule has 1 aliphatic heterocycles. The summed E-state index contributed by atoms with van der Waals surface area (Å²) in [6, 6.07) is 0. The minimum Gasteiger partial charge on any atom is -0.356 e. The van der Waals surface area contributed by atoms with E-state index < -0.39 is 0 Å². The fourth-order valence-electron chi connectivity index (χ4n) is 5.30. The van der Waals surface area contributed by atoms with Gasteiger partial charge in [-0.05, 0) is 25.7 Å². The first-order valence-electron chi connectivity index (χ1n) is 15.5. The maximum Gasteiger partial charge on any atom is 0.101 e. The fraction of sp³-hybridized carbons (Fsp3) is 0.935. The summed E-state index contributed by atoms with van der Waals surface area (Å²) in [4.78, 5) is 5.37. The molecule has 0 bridgehead atoms. The molecule has 2 nitrogen and oxygen atoms in total. The van der Waals surface area contributed by atoms with Crippen molar-refractivity contribution in [1.82, 2.24) is 9.80 Å². The third-order valence-corrected chi connectivity index (χ3v) is 7.57. The molecule has 0 aromatic rings. The van der Waals surface area contributed by atoms with Crippen LogP contribution < -0.4 is 0 Å². The first-order chi connectivity index (χ1) is 16.3. The van der Waals surface area contributed by atoms with Crippen LogP contribution in [-0.2, 0) is 0 Å². The normalized spacial score (nSPS) is 15.8. The summed E-state index contributed by atoms with van der Waals surface area (Å²) in [5.74, 6) is 0. The summed E-state index contributed by atoms with van der Waals surface area (Å²) in [7, 11) is 0. The average molecular weight is 463 g/mol. The van der Waals surface area contributed by atoms with Crippen LogP contribution in [0.3, 0.4) is 0 Å². The Morgan fingerprint density at radius 3 is 1.06 bits per heavy atom. The van der Waals surface area contributed by atoms with E-state index in [4.69, 9.17) is 0 Å². The molecule has 1 aliphatic rings. The molecule has 0 radical (unpaired) electrons. The van der Waals surface area contributed by atoms with Gasteiger partial charge >= 0.3 is 0 Å². The third-order valence-electron chi connectivity index (χ3n) is 7.57. The smallest absolute Gasteiger partial charge is 0.101 e. The van der Waals surface area contributed by atoms with E-state index in [2.05, 4.69) is 43.0 Å². The van der Waals surface area contributed by atoms with E-state index in [1.165, 1.54) is 161 Å². The Bertz CT molecular complexity index is 419. The zero-order valence-corrected chi connectivity index (χ0v) is 23.3. The Balaban J connectivity index is 2.24. The molecule has 0 amide bonds. The number of rotatable bonds is 25. The zero-order valence-electron chi connectivity index (χ0n) is 23.3. The second kappa shape index (κ2) is 23.1. The van der Waals surface area contributed by atoms with Crippen LogP contribution in [0.1, 0.15) is 168 Å². The van der Waals surface area contributed by atoms with Crippen molar-refractivity contribution in [3.05, 3.63) is 12.4 Å². The van der Waals surface area contributed by atoms with Crippen molar-refractivity contribution in [3.8, 4) is 0 Å². The van der Waals surface area contributed by atoms with Crippen molar-refractivity contribution in [1.29, 1.82) is 0 Å². The van der Waals surface area contributed by atoms with Crippen LogP contribution in [0.2, 0.25) is 0 Å². The Morgan fingerprint density at radius 1 is 0.394 bits per heavy atom. The standard InChI is InChI=1S/C31H62N2/c1-4-7-10-13-15-17-19-22-25-28-33-30-29-32(31(33)26-23-20-12-9-6-3)27-24-21-18-16-14-11-8-5-2/h29-31H,4-28H2,1-3H3. The summed E-state index contributed by atoms with van der Waals surface area (Å²) in [6.45, 7) is 9.46. The van der Waals surface area contributed by atoms with Gasteiger partial charge in [0, 0.05) is 25.5 Å². The van der Waals surface area contributed by atoms with Gasteiger partial charge < -0.3 is 9.80 Å². The van der Waals surface area contributed by atoms with Crippen molar-refractivity contribution >= 4 is 0 Å². The first-order valence-corrected chi connectivity index (χ1v) is 15.5. The van der Waals surface area contributed by atoms with E-state index >= 15 is 0 Å². The first kappa shape index (κ1) is 30.4. The minimum atomic E-state index is 0.644. The molecule has 0 spiro atoms. The summed E-state index contributed by atoms with van der Waals surface area (Å²) < 4.78 is 0. The highest BCUT2D eigenvalue weighted by Crippen LogP contribution is 2.24. The Morgan fingerprint density at radius 2 is 0.697 bits per heavy atom. The van der Waals surface area contributed by atoms with E-state index in [1.54, 1.807) is 0 Å². The fourth-order valence-corrected chi connectivity index (χ4v) is 5.30. The van der Waals surface area contributed by atoms with E-state index in [0.717, 1.165) is 0 Å². The molecular formula is C31H62N2. The predicted molar refractivity (Wildman–Crippen MR) is 150 cm³/mol. The molecule has 0 N–H and O–H groups in total. The number of unbranched alkanes of at least 4 members (excludes halogenated alkanes) is 19. The SMILES string of the molecule is CCCCCCCCCCCN1C=CN(CCCCCCCCCC)C1CCCCCCC. The molecule has 1 heterocycles. The molecule has 196 valence electrons. The second-order valence-corrected chi connectivity index (χ2v) is 10.8. The summed E-state index contributed by atoms with van der Waals surface area (Å²) in [6.07, 6.45) is 38.0. The molecule has 0 aromatic heterocycles. The molecular weight excluding hydrogens is 400 g/mol. The lowest BCUT2D eigenvalue weighted by Crippen LogP contribution is -2.39. The Hall–Kier alpha value is -0.660. The van der Waals surface area contributed by atoms with Gasteiger partial charge in [-0.15, -0.1) is 0 Å². The second-order valence-electron chi connectivity index (χ2n) is 10.8. The largest absolute Gasteiger partial charge is 0.356 e. The topological polar surface area (TPSA) is 6.48 Å². The van der Waals surface area contributed by atoms with Crippen LogP contribution in [0.4, 0.5) is 0 Å². The number of nitrogens with zero attached hydrogens (tertiary/aromatic N) is 2. The van der Waals surface area contributed by atoms with Gasteiger partial charge in [-0.25, -0.2) is 0 Å². The Kier molecular flexibility index (Phi) is 21.3. The zero-order chi connectivity index (χ0) is 23.8. The highest BCUT2D eigenvalue weighted by molar-refractivity contribution is 4.97. The molecule has 33 heavy (non-hydrogen) atoms. The van der Waals surface area contributed by atoms with Gasteiger partial charge in [0.25, 0.3) is 0 Å². The van der Waals surface area contributed by atoms with Crippen molar-refractivity contribution in [2.75, 3.05) is 13.1 Å². The van der Waals surface area contributed by atoms with Gasteiger partial charge in [0.05, 0.1) is 0 Å². The van der Waals surface area contributed by atoms with Crippen LogP contribution in [0.25, 0.3) is 0 Å². The molecule has 2 heteroatoms. The predicted octanol–water partition coefficient (Wildman–Crippen LogP) is 10.4. The number of hydrogen-bond donors (Lipinski definition) is 0. The van der Waals surface area contributed by atoms with Gasteiger partial charge in [-0.2, -0.15) is 0 Å². The van der Waals surface area contributed by atoms with Crippen molar-refractivity contribution in [3.63, 3.8) is 0 Å². The highest BCUT2D eigenvalue weighted by atomic mass is 15.4. The van der Waals surface area contributed by atoms with Gasteiger partial charge in [0.2, 0.25) is 0 Å². The van der Waals surface area contributed by atoms with Gasteiger partial charge in [-0.1, -0.05) is 143 Å². The maximum atomic E-state index is 2.69. The van der Waals surface area contributed by atoms with Crippen LogP contribution in [0.5, 0.6) is 0 Å². The molecule has 1 atom stereocenters. The molecule has 1 rings (SSSR count). The molecule has 0 aliphatic carbocycles. The van der Waals surface area contributed by atoms with Crippen LogP contribution >= 0.6 is 0 Å². The lowest BCUT2D eigenvalue weighted by atomic mass is 10.1. The molecule has 0 aromatic carbocycles. The lowest BCUT2D eigenvalue weighted by molar-refractivity contribution is 0.135. The van der Waals surface area contributed by atoms with E-state index in [0.29, 0.717) is 6.17 Å². The molecule has 0 saturated carbocycles. The van der Waals surface area contributed by atoms with Gasteiger partial charge in [-0.3, -0.25) is 0 Å². The van der Waals surface area contributed by atoms with Gasteiger partial charge in [0.1, 0.15) is 6.17 Å². The molecule has 0 fully saturated rings. The van der Waals surface area contributed by atoms with E-state index in [-0.39, 0.29) is 0 Å². The average Bonchev–Trinajstić information content (AvgIpc) is 3.21. The monoisotopic (exact) mass is 462 g/mol. The van der Waals surface area contributed by atoms with Crippen molar-refractivity contribution < 1.29 is 0 Å². The highest BCUT2D eigenvalue weighted by Gasteiger charge is 2.24. The van der Waals surface area contributed by atoms with E-state index in [1.807, 2.05) is 0 Å². The quantitative estimate of drug-likeness (QED) is 0.124. The van der Waals surface area contributed by atoms with E-state index in [9.17, 15) is 0 Å². The molecule has 1 unspecified atom stereocenters. The Labute approximate surface area is 210 Å². The van der Waals surface area contributed by atoms with Gasteiger partial charge in [0.15, 0.2) is 0 Å². The summed E-state index contributed by atoms with van der Waals surface area (Å²) >= 11 is 0. The van der Waals surface area contributed by atoms with Crippen molar-refractivity contribution in [2.24, 2.45) is 0 Å².